The van der Waals surface area contributed by atoms with Crippen LogP contribution in [0.3, 0.4) is 0 Å². The number of Topliss-reactive ketones (excluding diaryl/α,β-unsaturated/α-hetero) is 1. The highest BCUT2D eigenvalue weighted by Gasteiger charge is 2.45. The summed E-state index contributed by atoms with van der Waals surface area (Å²) in [5.74, 6) is -0.335. The van der Waals surface area contributed by atoms with Crippen LogP contribution in [0.4, 0.5) is 0 Å². The average molecular weight is 452 g/mol. The van der Waals surface area contributed by atoms with Crippen LogP contribution >= 0.6 is 0 Å². The van der Waals surface area contributed by atoms with E-state index in [4.69, 9.17) is 14.2 Å². The Morgan fingerprint density at radius 1 is 1.03 bits per heavy atom. The van der Waals surface area contributed by atoms with Crippen molar-refractivity contribution in [2.75, 3.05) is 33.5 Å². The maximum atomic E-state index is 13.0. The first-order valence-corrected chi connectivity index (χ1v) is 10.9. The van der Waals surface area contributed by atoms with Crippen molar-refractivity contribution < 1.29 is 28.9 Å². The molecule has 1 N–H and O–H groups in total. The number of hydrogen-bond donors (Lipinski definition) is 1. The number of nitrogens with zero attached hydrogens (tertiary/aromatic N) is 1. The second-order valence-corrected chi connectivity index (χ2v) is 7.53. The van der Waals surface area contributed by atoms with E-state index in [1.165, 1.54) is 12.0 Å². The molecule has 0 saturated carbocycles. The topological polar surface area (TPSA) is 85.3 Å². The highest BCUT2D eigenvalue weighted by Crippen LogP contribution is 2.39. The summed E-state index contributed by atoms with van der Waals surface area (Å²) in [6.45, 7) is 7.06. The second-order valence-electron chi connectivity index (χ2n) is 7.53. The van der Waals surface area contributed by atoms with Crippen LogP contribution < -0.4 is 9.47 Å². The van der Waals surface area contributed by atoms with Gasteiger partial charge in [-0.1, -0.05) is 31.7 Å². The SMILES string of the molecule is C=CCOc1ccc(C(O)=C2C(=O)C(=O)N(CCOC)[C@H]2c2ccc(OCCC)cc2)cc1. The number of aliphatic hydroxyl groups excluding tert-OH is 1. The normalized spacial score (nSPS) is 17.3. The summed E-state index contributed by atoms with van der Waals surface area (Å²) >= 11 is 0. The quantitative estimate of drug-likeness (QED) is 0.240. The predicted octanol–water partition coefficient (Wildman–Crippen LogP) is 4.11. The van der Waals surface area contributed by atoms with E-state index < -0.39 is 17.7 Å². The number of carbonyl (C=O) groups excluding carboxylic acids is 2. The van der Waals surface area contributed by atoms with Crippen LogP contribution in [0.2, 0.25) is 0 Å². The summed E-state index contributed by atoms with van der Waals surface area (Å²) in [6, 6.07) is 13.1. The zero-order chi connectivity index (χ0) is 23.8. The number of rotatable bonds is 11. The van der Waals surface area contributed by atoms with Gasteiger partial charge in [-0.05, 0) is 48.4 Å². The zero-order valence-corrected chi connectivity index (χ0v) is 19.0. The highest BCUT2D eigenvalue weighted by atomic mass is 16.5. The third-order valence-electron chi connectivity index (χ3n) is 5.24. The molecule has 0 bridgehead atoms. The van der Waals surface area contributed by atoms with Gasteiger partial charge in [0, 0.05) is 19.2 Å². The Hall–Kier alpha value is -3.58. The summed E-state index contributed by atoms with van der Waals surface area (Å²) in [6.07, 6.45) is 2.52. The lowest BCUT2D eigenvalue weighted by molar-refractivity contribution is -0.140. The smallest absolute Gasteiger partial charge is 0.295 e. The first-order chi connectivity index (χ1) is 16.0. The summed E-state index contributed by atoms with van der Waals surface area (Å²) < 4.78 is 16.3. The molecule has 1 fully saturated rings. The van der Waals surface area contributed by atoms with Gasteiger partial charge in [0.05, 0.1) is 24.8 Å². The Kier molecular flexibility index (Phi) is 8.27. The highest BCUT2D eigenvalue weighted by molar-refractivity contribution is 6.46. The lowest BCUT2D eigenvalue weighted by Crippen LogP contribution is -2.32. The molecule has 1 saturated heterocycles. The van der Waals surface area contributed by atoms with E-state index in [1.54, 1.807) is 54.6 Å². The number of ether oxygens (including phenoxy) is 3. The van der Waals surface area contributed by atoms with E-state index in [-0.39, 0.29) is 24.5 Å². The molecule has 0 spiro atoms. The zero-order valence-electron chi connectivity index (χ0n) is 19.0. The van der Waals surface area contributed by atoms with Crippen LogP contribution in [-0.4, -0.2) is 55.2 Å². The Labute approximate surface area is 193 Å². The van der Waals surface area contributed by atoms with Crippen LogP contribution in [0.5, 0.6) is 11.5 Å². The first-order valence-electron chi connectivity index (χ1n) is 10.9. The molecule has 33 heavy (non-hydrogen) atoms. The molecule has 2 aromatic rings. The van der Waals surface area contributed by atoms with Crippen LogP contribution in [0.1, 0.15) is 30.5 Å². The van der Waals surface area contributed by atoms with Gasteiger partial charge >= 0.3 is 0 Å². The number of aliphatic hydroxyl groups is 1. The predicted molar refractivity (Wildman–Crippen MR) is 125 cm³/mol. The van der Waals surface area contributed by atoms with Crippen molar-refractivity contribution in [2.24, 2.45) is 0 Å². The minimum atomic E-state index is -0.739. The van der Waals surface area contributed by atoms with Crippen molar-refractivity contribution in [1.29, 1.82) is 0 Å². The third-order valence-corrected chi connectivity index (χ3v) is 5.24. The molecule has 1 atom stereocenters. The largest absolute Gasteiger partial charge is 0.507 e. The van der Waals surface area contributed by atoms with E-state index in [0.717, 1.165) is 6.42 Å². The summed E-state index contributed by atoms with van der Waals surface area (Å²) in [4.78, 5) is 27.3. The fourth-order valence-corrected chi connectivity index (χ4v) is 3.63. The van der Waals surface area contributed by atoms with Crippen molar-refractivity contribution in [2.45, 2.75) is 19.4 Å². The van der Waals surface area contributed by atoms with E-state index in [2.05, 4.69) is 6.58 Å². The molecule has 174 valence electrons. The summed E-state index contributed by atoms with van der Waals surface area (Å²) in [7, 11) is 1.53. The van der Waals surface area contributed by atoms with Crippen molar-refractivity contribution in [3.63, 3.8) is 0 Å². The number of ketones is 1. The molecular formula is C26H29NO6. The van der Waals surface area contributed by atoms with E-state index in [1.807, 2.05) is 6.92 Å². The van der Waals surface area contributed by atoms with Crippen molar-refractivity contribution in [1.82, 2.24) is 4.90 Å². The van der Waals surface area contributed by atoms with Crippen LogP contribution in [-0.2, 0) is 14.3 Å². The molecular weight excluding hydrogens is 422 g/mol. The number of carbonyl (C=O) groups is 2. The molecule has 7 heteroatoms. The van der Waals surface area contributed by atoms with Crippen molar-refractivity contribution in [3.05, 3.63) is 77.9 Å². The van der Waals surface area contributed by atoms with Crippen LogP contribution in [0, 0.1) is 0 Å². The molecule has 1 heterocycles. The Bertz CT molecular complexity index is 1010. The average Bonchev–Trinajstić information content (AvgIpc) is 3.10. The number of hydrogen-bond acceptors (Lipinski definition) is 6. The van der Waals surface area contributed by atoms with E-state index in [9.17, 15) is 14.7 Å². The number of benzene rings is 2. The van der Waals surface area contributed by atoms with Gasteiger partial charge in [0.1, 0.15) is 23.9 Å². The van der Waals surface area contributed by atoms with Gasteiger partial charge in [0.2, 0.25) is 0 Å². The lowest BCUT2D eigenvalue weighted by atomic mass is 9.95. The van der Waals surface area contributed by atoms with E-state index >= 15 is 0 Å². The molecule has 1 amide bonds. The van der Waals surface area contributed by atoms with Crippen LogP contribution in [0.25, 0.3) is 5.76 Å². The van der Waals surface area contributed by atoms with Crippen molar-refractivity contribution >= 4 is 17.4 Å². The maximum Gasteiger partial charge on any atom is 0.295 e. The fourth-order valence-electron chi connectivity index (χ4n) is 3.63. The first kappa shape index (κ1) is 24.1. The molecule has 3 rings (SSSR count). The Morgan fingerprint density at radius 3 is 2.27 bits per heavy atom. The standard InChI is InChI=1S/C26H29NO6/c1-4-15-32-20-10-6-18(7-11-20)23-22(25(29)26(30)27(23)14-17-31-3)24(28)19-8-12-21(13-9-19)33-16-5-2/h5-13,23,28H,2,4,14-17H2,1,3H3/t23-/m0/s1. The van der Waals surface area contributed by atoms with Gasteiger partial charge in [0.15, 0.2) is 0 Å². The Balaban J connectivity index is 2.01. The number of methoxy groups -OCH3 is 1. The summed E-state index contributed by atoms with van der Waals surface area (Å²) in [5.41, 5.74) is 1.15. The fraction of sp³-hybridized carbons (Fsp3) is 0.308. The third kappa shape index (κ3) is 5.43. The van der Waals surface area contributed by atoms with Gasteiger partial charge in [0.25, 0.3) is 11.7 Å². The van der Waals surface area contributed by atoms with Gasteiger partial charge in [-0.2, -0.15) is 0 Å². The van der Waals surface area contributed by atoms with Gasteiger partial charge in [-0.3, -0.25) is 9.59 Å². The minimum absolute atomic E-state index is 0.0399. The molecule has 1 aliphatic rings. The van der Waals surface area contributed by atoms with Crippen LogP contribution in [0.15, 0.2) is 66.8 Å². The second kappa shape index (κ2) is 11.3. The number of amides is 1. The number of likely N-dealkylation sites (tertiary alicyclic amines) is 1. The molecule has 0 aromatic heterocycles. The molecule has 1 aliphatic heterocycles. The Morgan fingerprint density at radius 2 is 1.67 bits per heavy atom. The molecule has 0 radical (unpaired) electrons. The summed E-state index contributed by atoms with van der Waals surface area (Å²) in [5, 5.41) is 11.1. The lowest BCUT2D eigenvalue weighted by Gasteiger charge is -2.25. The van der Waals surface area contributed by atoms with Crippen molar-refractivity contribution in [3.8, 4) is 11.5 Å². The maximum absolute atomic E-state index is 13.0. The van der Waals surface area contributed by atoms with Gasteiger partial charge in [-0.15, -0.1) is 0 Å². The molecule has 2 aromatic carbocycles. The molecule has 0 unspecified atom stereocenters. The van der Waals surface area contributed by atoms with E-state index in [0.29, 0.717) is 35.8 Å². The molecule has 7 nitrogen and oxygen atoms in total. The monoisotopic (exact) mass is 451 g/mol. The minimum Gasteiger partial charge on any atom is -0.507 e. The van der Waals surface area contributed by atoms with Gasteiger partial charge < -0.3 is 24.2 Å². The van der Waals surface area contributed by atoms with Gasteiger partial charge in [-0.25, -0.2) is 0 Å². The molecule has 0 aliphatic carbocycles.